The van der Waals surface area contributed by atoms with E-state index in [-0.39, 0.29) is 11.0 Å². The molecule has 0 fully saturated rings. The van der Waals surface area contributed by atoms with E-state index in [1.54, 1.807) is 19.1 Å². The second-order valence-corrected chi connectivity index (χ2v) is 4.39. The Morgan fingerprint density at radius 1 is 1.53 bits per heavy atom. The first-order valence-electron chi connectivity index (χ1n) is 4.33. The molecule has 0 bridgehead atoms. The Morgan fingerprint density at radius 2 is 2.27 bits per heavy atom. The summed E-state index contributed by atoms with van der Waals surface area (Å²) in [4.78, 5) is 22.9. The number of benzene rings is 1. The SMILES string of the molecule is CC1OC(=O)c2cccc(C(=O)O)c2S1. The number of carbonyl (C=O) groups is 2. The van der Waals surface area contributed by atoms with Crippen LogP contribution in [-0.2, 0) is 4.74 Å². The highest BCUT2D eigenvalue weighted by Crippen LogP contribution is 2.35. The van der Waals surface area contributed by atoms with Gasteiger partial charge >= 0.3 is 11.9 Å². The molecule has 0 saturated carbocycles. The van der Waals surface area contributed by atoms with E-state index in [2.05, 4.69) is 0 Å². The van der Waals surface area contributed by atoms with Gasteiger partial charge in [-0.2, -0.15) is 0 Å². The van der Waals surface area contributed by atoms with Crippen molar-refractivity contribution < 1.29 is 19.4 Å². The summed E-state index contributed by atoms with van der Waals surface area (Å²) in [5, 5.41) is 8.95. The zero-order valence-corrected chi connectivity index (χ0v) is 8.71. The second kappa shape index (κ2) is 3.58. The summed E-state index contributed by atoms with van der Waals surface area (Å²) in [5.74, 6) is -1.49. The van der Waals surface area contributed by atoms with Crippen LogP contribution in [0.5, 0.6) is 0 Å². The lowest BCUT2D eigenvalue weighted by atomic mass is 10.1. The van der Waals surface area contributed by atoms with Crippen LogP contribution in [0.25, 0.3) is 0 Å². The van der Waals surface area contributed by atoms with Gasteiger partial charge in [0.05, 0.1) is 11.1 Å². The topological polar surface area (TPSA) is 63.6 Å². The average Bonchev–Trinajstić information content (AvgIpc) is 2.16. The minimum atomic E-state index is -1.03. The molecule has 1 atom stereocenters. The first kappa shape index (κ1) is 10.0. The molecule has 0 radical (unpaired) electrons. The zero-order chi connectivity index (χ0) is 11.0. The number of fused-ring (bicyclic) bond motifs is 1. The van der Waals surface area contributed by atoms with Crippen molar-refractivity contribution in [3.05, 3.63) is 29.3 Å². The molecule has 0 spiro atoms. The van der Waals surface area contributed by atoms with Crippen LogP contribution in [0.4, 0.5) is 0 Å². The van der Waals surface area contributed by atoms with Crippen LogP contribution in [0.1, 0.15) is 27.6 Å². The maximum atomic E-state index is 11.4. The molecule has 1 aliphatic rings. The number of rotatable bonds is 1. The van der Waals surface area contributed by atoms with E-state index in [1.165, 1.54) is 17.8 Å². The van der Waals surface area contributed by atoms with Gasteiger partial charge in [-0.25, -0.2) is 9.59 Å². The van der Waals surface area contributed by atoms with Crippen molar-refractivity contribution in [2.24, 2.45) is 0 Å². The third-order valence-corrected chi connectivity index (χ3v) is 3.13. The molecule has 1 aromatic rings. The number of esters is 1. The van der Waals surface area contributed by atoms with Crippen LogP contribution in [0.3, 0.4) is 0 Å². The quantitative estimate of drug-likeness (QED) is 0.739. The lowest BCUT2D eigenvalue weighted by molar-refractivity contribution is 0.0465. The highest BCUT2D eigenvalue weighted by atomic mass is 32.2. The highest BCUT2D eigenvalue weighted by molar-refractivity contribution is 8.00. The Balaban J connectivity index is 2.59. The van der Waals surface area contributed by atoms with E-state index in [0.717, 1.165) is 0 Å². The second-order valence-electron chi connectivity index (χ2n) is 3.08. The number of hydrogen-bond donors (Lipinski definition) is 1. The first-order chi connectivity index (χ1) is 7.09. The number of carboxylic acids is 1. The summed E-state index contributed by atoms with van der Waals surface area (Å²) < 4.78 is 4.98. The summed E-state index contributed by atoms with van der Waals surface area (Å²) in [6, 6.07) is 4.60. The summed E-state index contributed by atoms with van der Waals surface area (Å²) in [5.41, 5.74) is 0.143. The van der Waals surface area contributed by atoms with Gasteiger partial charge in [0.2, 0.25) is 0 Å². The number of ether oxygens (including phenoxy) is 1. The molecule has 1 aromatic carbocycles. The molecule has 1 unspecified atom stereocenters. The van der Waals surface area contributed by atoms with Gasteiger partial charge in [0.1, 0.15) is 5.44 Å². The predicted molar refractivity (Wildman–Crippen MR) is 54.1 cm³/mol. The number of carboxylic acid groups (broad SMARTS) is 1. The summed E-state index contributed by atoms with van der Waals surface area (Å²) in [6.07, 6.45) is 0. The molecule has 78 valence electrons. The van der Waals surface area contributed by atoms with Gasteiger partial charge in [0, 0.05) is 4.90 Å². The molecule has 2 rings (SSSR count). The maximum Gasteiger partial charge on any atom is 0.340 e. The van der Waals surface area contributed by atoms with Gasteiger partial charge in [-0.15, -0.1) is 0 Å². The number of aromatic carboxylic acids is 1. The number of cyclic esters (lactones) is 1. The Morgan fingerprint density at radius 3 is 2.93 bits per heavy atom. The number of carbonyl (C=O) groups excluding carboxylic acids is 1. The van der Waals surface area contributed by atoms with E-state index in [9.17, 15) is 9.59 Å². The van der Waals surface area contributed by atoms with E-state index in [1.807, 2.05) is 0 Å². The van der Waals surface area contributed by atoms with Crippen LogP contribution >= 0.6 is 11.8 Å². The molecule has 5 heteroatoms. The highest BCUT2D eigenvalue weighted by Gasteiger charge is 2.27. The van der Waals surface area contributed by atoms with Gasteiger partial charge in [-0.3, -0.25) is 0 Å². The van der Waals surface area contributed by atoms with Gasteiger partial charge in [0.15, 0.2) is 0 Å². The summed E-state index contributed by atoms with van der Waals surface area (Å²) >= 11 is 1.25. The molecule has 1 N–H and O–H groups in total. The fourth-order valence-electron chi connectivity index (χ4n) is 1.40. The van der Waals surface area contributed by atoms with Crippen LogP contribution < -0.4 is 0 Å². The van der Waals surface area contributed by atoms with Crippen LogP contribution in [0.2, 0.25) is 0 Å². The molecule has 0 aliphatic carbocycles. The molecule has 0 amide bonds. The number of thioether (sulfide) groups is 1. The van der Waals surface area contributed by atoms with Gasteiger partial charge in [-0.1, -0.05) is 17.8 Å². The first-order valence-corrected chi connectivity index (χ1v) is 5.21. The molecule has 1 heterocycles. The molecular formula is C10H8O4S. The summed E-state index contributed by atoms with van der Waals surface area (Å²) in [7, 11) is 0. The Bertz CT molecular complexity index is 427. The minimum Gasteiger partial charge on any atom is -0.478 e. The molecule has 15 heavy (non-hydrogen) atoms. The third-order valence-electron chi connectivity index (χ3n) is 2.02. The predicted octanol–water partition coefficient (Wildman–Crippen LogP) is 1.99. The molecule has 1 aliphatic heterocycles. The van der Waals surface area contributed by atoms with E-state index in [0.29, 0.717) is 10.5 Å². The van der Waals surface area contributed by atoms with Crippen molar-refractivity contribution in [2.75, 3.05) is 0 Å². The van der Waals surface area contributed by atoms with Crippen molar-refractivity contribution in [3.63, 3.8) is 0 Å². The van der Waals surface area contributed by atoms with Crippen molar-refractivity contribution in [1.82, 2.24) is 0 Å². The van der Waals surface area contributed by atoms with Crippen LogP contribution in [0, 0.1) is 0 Å². The van der Waals surface area contributed by atoms with Crippen molar-refractivity contribution in [3.8, 4) is 0 Å². The van der Waals surface area contributed by atoms with Gasteiger partial charge in [-0.05, 0) is 19.1 Å². The van der Waals surface area contributed by atoms with Gasteiger partial charge < -0.3 is 9.84 Å². The van der Waals surface area contributed by atoms with Crippen LogP contribution in [0.15, 0.2) is 23.1 Å². The fourth-order valence-corrected chi connectivity index (χ4v) is 2.43. The normalized spacial score (nSPS) is 19.3. The monoisotopic (exact) mass is 224 g/mol. The Hall–Kier alpha value is -1.49. The number of hydrogen-bond acceptors (Lipinski definition) is 4. The average molecular weight is 224 g/mol. The maximum absolute atomic E-state index is 11.4. The zero-order valence-electron chi connectivity index (χ0n) is 7.89. The molecular weight excluding hydrogens is 216 g/mol. The fraction of sp³-hybridized carbons (Fsp3) is 0.200. The standard InChI is InChI=1S/C10H8O4S/c1-5-14-10(13)7-4-2-3-6(9(11)12)8(7)15-5/h2-5H,1H3,(H,11,12). The van der Waals surface area contributed by atoms with Crippen molar-refractivity contribution >= 4 is 23.7 Å². The molecule has 0 aromatic heterocycles. The van der Waals surface area contributed by atoms with Gasteiger partial charge in [0.25, 0.3) is 0 Å². The van der Waals surface area contributed by atoms with E-state index < -0.39 is 11.9 Å². The smallest absolute Gasteiger partial charge is 0.340 e. The Kier molecular flexibility index (Phi) is 2.40. The molecule has 0 saturated heterocycles. The van der Waals surface area contributed by atoms with E-state index >= 15 is 0 Å². The van der Waals surface area contributed by atoms with Crippen molar-refractivity contribution in [1.29, 1.82) is 0 Å². The van der Waals surface area contributed by atoms with Crippen LogP contribution in [-0.4, -0.2) is 22.5 Å². The third kappa shape index (κ3) is 1.70. The Labute approximate surface area is 90.2 Å². The van der Waals surface area contributed by atoms with E-state index in [4.69, 9.17) is 9.84 Å². The lowest BCUT2D eigenvalue weighted by Crippen LogP contribution is -2.20. The lowest BCUT2D eigenvalue weighted by Gasteiger charge is -2.21. The minimum absolute atomic E-state index is 0.154. The molecule has 4 nitrogen and oxygen atoms in total. The largest absolute Gasteiger partial charge is 0.478 e. The summed E-state index contributed by atoms with van der Waals surface area (Å²) in [6.45, 7) is 1.71. The van der Waals surface area contributed by atoms with Crippen molar-refractivity contribution in [2.45, 2.75) is 17.3 Å².